The Morgan fingerprint density at radius 1 is 1.29 bits per heavy atom. The molecular weight excluding hydrogens is 417 g/mol. The number of carboxylic acids is 1. The summed E-state index contributed by atoms with van der Waals surface area (Å²) < 4.78 is 8.86. The van der Waals surface area contributed by atoms with Gasteiger partial charge >= 0.3 is 18.0 Å². The molecule has 0 aliphatic rings. The normalized spacial score (nSPS) is 7.06. The van der Waals surface area contributed by atoms with Crippen molar-refractivity contribution in [3.63, 3.8) is 0 Å². The molecule has 95 valence electrons. The molecule has 2 rings (SSSR count). The standard InChI is InChI=1S/C4H3NO3.C3H3NO.CO2.Au/c6-4(7)3-5-1-2-8-3;1-2-5-3-4-1;2-1-3;/h1-2H,(H,6,7);1-3H;;. The Hall–Kier alpha value is -1.99. The molecule has 0 aliphatic heterocycles. The number of hydrogen-bond donors (Lipinski definition) is 1. The van der Waals surface area contributed by atoms with Crippen LogP contribution in [0.5, 0.6) is 0 Å². The van der Waals surface area contributed by atoms with Gasteiger partial charge in [-0.3, -0.25) is 0 Å². The molecule has 0 aliphatic carbocycles. The van der Waals surface area contributed by atoms with E-state index in [4.69, 9.17) is 14.7 Å². The first-order valence-electron chi connectivity index (χ1n) is 3.66. The molecule has 17 heavy (non-hydrogen) atoms. The van der Waals surface area contributed by atoms with Crippen LogP contribution in [0.25, 0.3) is 0 Å². The van der Waals surface area contributed by atoms with Crippen molar-refractivity contribution in [2.45, 2.75) is 0 Å². The number of carboxylic acid groups (broad SMARTS) is 1. The van der Waals surface area contributed by atoms with Crippen molar-refractivity contribution in [1.29, 1.82) is 0 Å². The van der Waals surface area contributed by atoms with Crippen LogP contribution >= 0.6 is 0 Å². The molecule has 0 saturated heterocycles. The number of carbonyl (C=O) groups excluding carboxylic acids is 2. The number of carbonyl (C=O) groups is 1. The van der Waals surface area contributed by atoms with E-state index in [1.165, 1.54) is 25.1 Å². The second-order valence-electron chi connectivity index (χ2n) is 1.90. The predicted molar refractivity (Wildman–Crippen MR) is 45.0 cm³/mol. The molecule has 1 radical (unpaired) electrons. The molecule has 8 nitrogen and oxygen atoms in total. The first-order chi connectivity index (χ1) is 7.72. The molecule has 0 spiro atoms. The minimum absolute atomic E-state index is 0. The summed E-state index contributed by atoms with van der Waals surface area (Å²) in [5.41, 5.74) is 0. The second kappa shape index (κ2) is 12.1. The predicted octanol–water partition coefficient (Wildman–Crippen LogP) is 0.461. The van der Waals surface area contributed by atoms with Crippen LogP contribution in [-0.2, 0) is 32.0 Å². The van der Waals surface area contributed by atoms with Gasteiger partial charge in [-0.05, 0) is 0 Å². The van der Waals surface area contributed by atoms with Gasteiger partial charge < -0.3 is 13.9 Å². The van der Waals surface area contributed by atoms with Gasteiger partial charge in [0.05, 0.1) is 12.4 Å². The van der Waals surface area contributed by atoms with Crippen molar-refractivity contribution in [1.82, 2.24) is 9.97 Å². The first kappa shape index (κ1) is 17.4. The molecule has 2 heterocycles. The average molecular weight is 423 g/mol. The zero-order valence-corrected chi connectivity index (χ0v) is 10.2. The van der Waals surface area contributed by atoms with E-state index in [0.717, 1.165) is 0 Å². The van der Waals surface area contributed by atoms with E-state index >= 15 is 0 Å². The number of aromatic carboxylic acids is 1. The summed E-state index contributed by atoms with van der Waals surface area (Å²) >= 11 is 0. The van der Waals surface area contributed by atoms with E-state index < -0.39 is 5.97 Å². The van der Waals surface area contributed by atoms with Crippen LogP contribution in [0, 0.1) is 0 Å². The van der Waals surface area contributed by atoms with Crippen molar-refractivity contribution in [2.75, 3.05) is 0 Å². The molecule has 1 N–H and O–H groups in total. The summed E-state index contributed by atoms with van der Waals surface area (Å²) in [6.45, 7) is 0. The average Bonchev–Trinajstić information content (AvgIpc) is 2.96. The minimum atomic E-state index is -1.14. The molecule has 9 heteroatoms. The van der Waals surface area contributed by atoms with Gasteiger partial charge in [-0.25, -0.2) is 14.8 Å². The maximum Gasteiger partial charge on any atom is 0.392 e. The van der Waals surface area contributed by atoms with Gasteiger partial charge in [0.25, 0.3) is 0 Å². The molecule has 0 amide bonds. The van der Waals surface area contributed by atoms with Crippen molar-refractivity contribution in [2.24, 2.45) is 0 Å². The summed E-state index contributed by atoms with van der Waals surface area (Å²) in [4.78, 5) is 33.1. The van der Waals surface area contributed by atoms with E-state index in [0.29, 0.717) is 0 Å². The Morgan fingerprint density at radius 2 is 1.94 bits per heavy atom. The third-order valence-electron chi connectivity index (χ3n) is 0.962. The third-order valence-corrected chi connectivity index (χ3v) is 0.962. The van der Waals surface area contributed by atoms with E-state index in [-0.39, 0.29) is 34.4 Å². The fourth-order valence-corrected chi connectivity index (χ4v) is 0.505. The topological polar surface area (TPSA) is 124 Å². The molecule has 0 unspecified atom stereocenters. The van der Waals surface area contributed by atoms with Crippen LogP contribution in [-0.4, -0.2) is 27.2 Å². The summed E-state index contributed by atoms with van der Waals surface area (Å²) in [5, 5.41) is 8.12. The van der Waals surface area contributed by atoms with Gasteiger partial charge in [0, 0.05) is 22.4 Å². The van der Waals surface area contributed by atoms with Crippen LogP contribution in [0.3, 0.4) is 0 Å². The maximum atomic E-state index is 9.91. The third kappa shape index (κ3) is 10.3. The zero-order valence-electron chi connectivity index (χ0n) is 8.07. The Morgan fingerprint density at radius 3 is 2.12 bits per heavy atom. The number of oxazole rings is 2. The molecule has 2 aromatic rings. The largest absolute Gasteiger partial charge is 0.474 e. The fraction of sp³-hybridized carbons (Fsp3) is 0. The first-order valence-corrected chi connectivity index (χ1v) is 3.66. The van der Waals surface area contributed by atoms with Crippen LogP contribution < -0.4 is 0 Å². The van der Waals surface area contributed by atoms with Gasteiger partial charge in [0.1, 0.15) is 12.5 Å². The van der Waals surface area contributed by atoms with Gasteiger partial charge in [-0.1, -0.05) is 0 Å². The van der Waals surface area contributed by atoms with Crippen LogP contribution in [0.1, 0.15) is 10.7 Å². The van der Waals surface area contributed by atoms with Crippen LogP contribution in [0.15, 0.2) is 40.1 Å². The van der Waals surface area contributed by atoms with Crippen molar-refractivity contribution in [3.05, 3.63) is 37.2 Å². The monoisotopic (exact) mass is 423 g/mol. The zero-order chi connectivity index (χ0) is 12.2. The maximum absolute atomic E-state index is 9.91. The van der Waals surface area contributed by atoms with Crippen molar-refractivity contribution >= 4 is 12.1 Å². The molecule has 0 aromatic carbocycles. The summed E-state index contributed by atoms with van der Waals surface area (Å²) in [6, 6.07) is 0. The van der Waals surface area contributed by atoms with E-state index in [1.54, 1.807) is 6.20 Å². The quantitative estimate of drug-likeness (QED) is 0.657. The van der Waals surface area contributed by atoms with E-state index in [1.807, 2.05) is 0 Å². The Bertz CT molecular complexity index is 390. The Labute approximate surface area is 110 Å². The van der Waals surface area contributed by atoms with Gasteiger partial charge in [-0.15, -0.1) is 0 Å². The number of aromatic nitrogens is 2. The molecule has 0 atom stereocenters. The number of nitrogens with zero attached hydrogens (tertiary/aromatic N) is 2. The Balaban J connectivity index is 0. The number of hydrogen-bond acceptors (Lipinski definition) is 7. The minimum Gasteiger partial charge on any atom is -0.474 e. The fourth-order valence-electron chi connectivity index (χ4n) is 0.505. The van der Waals surface area contributed by atoms with Gasteiger partial charge in [0.15, 0.2) is 6.39 Å². The number of rotatable bonds is 1. The smallest absolute Gasteiger partial charge is 0.392 e. The summed E-state index contributed by atoms with van der Waals surface area (Å²) in [7, 11) is 0. The SMILES string of the molecule is O=C(O)c1ncco1.O=C=O.[Au].c1cocn1. The molecular formula is C8H6AuN2O6. The summed E-state index contributed by atoms with van der Waals surface area (Å²) in [6.07, 6.45) is 7.22. The van der Waals surface area contributed by atoms with Crippen LogP contribution in [0.2, 0.25) is 0 Å². The van der Waals surface area contributed by atoms with Gasteiger partial charge in [0.2, 0.25) is 0 Å². The van der Waals surface area contributed by atoms with Gasteiger partial charge in [-0.2, -0.15) is 9.59 Å². The molecule has 0 saturated carbocycles. The molecule has 2 aromatic heterocycles. The Kier molecular flexibility index (Phi) is 12.4. The molecule has 0 bridgehead atoms. The van der Waals surface area contributed by atoms with E-state index in [9.17, 15) is 4.79 Å². The molecule has 0 fully saturated rings. The van der Waals surface area contributed by atoms with E-state index in [2.05, 4.69) is 18.8 Å². The van der Waals surface area contributed by atoms with Crippen LogP contribution in [0.4, 0.5) is 0 Å². The summed E-state index contributed by atoms with van der Waals surface area (Å²) in [5.74, 6) is -1.42. The van der Waals surface area contributed by atoms with Crippen molar-refractivity contribution in [3.8, 4) is 0 Å². The van der Waals surface area contributed by atoms with Crippen molar-refractivity contribution < 1.29 is 50.7 Å². The second-order valence-corrected chi connectivity index (χ2v) is 1.90.